The summed E-state index contributed by atoms with van der Waals surface area (Å²) in [5.41, 5.74) is 6.38. The number of nitrogens with zero attached hydrogens (tertiary/aromatic N) is 1. The molecule has 0 unspecified atom stereocenters. The van der Waals surface area contributed by atoms with E-state index in [1.54, 1.807) is 32.4 Å². The number of hydrogen-bond acceptors (Lipinski definition) is 5. The molecule has 0 saturated heterocycles. The van der Waals surface area contributed by atoms with Crippen LogP contribution in [-0.4, -0.2) is 45.9 Å². The number of anilines is 1. The Hall–Kier alpha value is -1.79. The molecule has 0 bridgehead atoms. The molecule has 2 N–H and O–H groups in total. The Balaban J connectivity index is 2.21. The molecule has 0 aromatic heterocycles. The van der Waals surface area contributed by atoms with Crippen molar-refractivity contribution < 1.29 is 19.0 Å². The zero-order valence-electron chi connectivity index (χ0n) is 11.1. The van der Waals surface area contributed by atoms with E-state index in [0.29, 0.717) is 30.4 Å². The SMILES string of the molecule is COCCOc1ccc2c(c1)N(C)C(=O)[C@@H](N)CO2. The molecule has 6 nitrogen and oxygen atoms in total. The van der Waals surface area contributed by atoms with Crippen LogP contribution in [0.4, 0.5) is 5.69 Å². The second-order valence-corrected chi connectivity index (χ2v) is 4.29. The molecule has 104 valence electrons. The minimum absolute atomic E-state index is 0.173. The van der Waals surface area contributed by atoms with Crippen molar-refractivity contribution in [2.24, 2.45) is 5.73 Å². The molecular formula is C13H18N2O4. The minimum atomic E-state index is -0.643. The molecule has 1 heterocycles. The van der Waals surface area contributed by atoms with Gasteiger partial charge in [-0.15, -0.1) is 0 Å². The maximum absolute atomic E-state index is 11.9. The van der Waals surface area contributed by atoms with Crippen LogP contribution in [0.25, 0.3) is 0 Å². The number of fused-ring (bicyclic) bond motifs is 1. The number of amides is 1. The number of carbonyl (C=O) groups is 1. The maximum atomic E-state index is 11.9. The lowest BCUT2D eigenvalue weighted by molar-refractivity contribution is -0.119. The third kappa shape index (κ3) is 2.97. The fraction of sp³-hybridized carbons (Fsp3) is 0.462. The Morgan fingerprint density at radius 2 is 2.26 bits per heavy atom. The normalized spacial score (nSPS) is 18.6. The smallest absolute Gasteiger partial charge is 0.247 e. The van der Waals surface area contributed by atoms with Crippen molar-refractivity contribution in [3.8, 4) is 11.5 Å². The fourth-order valence-electron chi connectivity index (χ4n) is 1.83. The number of rotatable bonds is 4. The number of likely N-dealkylation sites (N-methyl/N-ethyl adjacent to an activating group) is 1. The van der Waals surface area contributed by atoms with Crippen LogP contribution in [0.5, 0.6) is 11.5 Å². The van der Waals surface area contributed by atoms with Gasteiger partial charge in [-0.05, 0) is 12.1 Å². The van der Waals surface area contributed by atoms with E-state index in [4.69, 9.17) is 19.9 Å². The van der Waals surface area contributed by atoms with Crippen LogP contribution in [0.3, 0.4) is 0 Å². The monoisotopic (exact) mass is 266 g/mol. The van der Waals surface area contributed by atoms with Gasteiger partial charge in [-0.1, -0.05) is 0 Å². The summed E-state index contributed by atoms with van der Waals surface area (Å²) in [4.78, 5) is 13.4. The second kappa shape index (κ2) is 5.90. The number of ether oxygens (including phenoxy) is 3. The van der Waals surface area contributed by atoms with Crippen LogP contribution >= 0.6 is 0 Å². The van der Waals surface area contributed by atoms with E-state index in [2.05, 4.69) is 0 Å². The number of benzene rings is 1. The highest BCUT2D eigenvalue weighted by Gasteiger charge is 2.26. The maximum Gasteiger partial charge on any atom is 0.247 e. The number of hydrogen-bond donors (Lipinski definition) is 1. The van der Waals surface area contributed by atoms with Crippen molar-refractivity contribution in [1.82, 2.24) is 0 Å². The molecule has 0 saturated carbocycles. The van der Waals surface area contributed by atoms with Gasteiger partial charge in [-0.2, -0.15) is 0 Å². The van der Waals surface area contributed by atoms with Crippen LogP contribution in [0, 0.1) is 0 Å². The van der Waals surface area contributed by atoms with E-state index in [1.165, 1.54) is 4.90 Å². The Labute approximate surface area is 112 Å². The van der Waals surface area contributed by atoms with Gasteiger partial charge in [0, 0.05) is 20.2 Å². The second-order valence-electron chi connectivity index (χ2n) is 4.29. The first kappa shape index (κ1) is 13.6. The molecule has 0 fully saturated rings. The predicted molar refractivity (Wildman–Crippen MR) is 70.7 cm³/mol. The highest BCUT2D eigenvalue weighted by atomic mass is 16.5. The van der Waals surface area contributed by atoms with Crippen molar-refractivity contribution in [3.63, 3.8) is 0 Å². The van der Waals surface area contributed by atoms with Gasteiger partial charge in [0.1, 0.15) is 30.8 Å². The summed E-state index contributed by atoms with van der Waals surface area (Å²) >= 11 is 0. The molecule has 0 radical (unpaired) electrons. The highest BCUT2D eigenvalue weighted by Crippen LogP contribution is 2.33. The van der Waals surface area contributed by atoms with E-state index >= 15 is 0 Å². The average molecular weight is 266 g/mol. The third-order valence-corrected chi connectivity index (χ3v) is 2.91. The zero-order valence-corrected chi connectivity index (χ0v) is 11.1. The van der Waals surface area contributed by atoms with Gasteiger partial charge in [-0.25, -0.2) is 0 Å². The van der Waals surface area contributed by atoms with E-state index in [9.17, 15) is 4.79 Å². The summed E-state index contributed by atoms with van der Waals surface area (Å²) in [7, 11) is 3.29. The number of carbonyl (C=O) groups excluding carboxylic acids is 1. The van der Waals surface area contributed by atoms with Gasteiger partial charge in [0.15, 0.2) is 0 Å². The standard InChI is InChI=1S/C13H18N2O4/c1-15-11-7-9(18-6-5-17-2)3-4-12(11)19-8-10(14)13(15)16/h3-4,7,10H,5-6,8,14H2,1-2H3/t10-/m0/s1. The lowest BCUT2D eigenvalue weighted by atomic mass is 10.2. The van der Waals surface area contributed by atoms with E-state index < -0.39 is 6.04 Å². The molecule has 1 atom stereocenters. The van der Waals surface area contributed by atoms with Crippen LogP contribution in [-0.2, 0) is 9.53 Å². The van der Waals surface area contributed by atoms with Gasteiger partial charge >= 0.3 is 0 Å². The first-order valence-electron chi connectivity index (χ1n) is 6.05. The highest BCUT2D eigenvalue weighted by molar-refractivity contribution is 5.98. The quantitative estimate of drug-likeness (QED) is 0.798. The van der Waals surface area contributed by atoms with Gasteiger partial charge in [0.25, 0.3) is 0 Å². The summed E-state index contributed by atoms with van der Waals surface area (Å²) in [6.45, 7) is 1.14. The summed E-state index contributed by atoms with van der Waals surface area (Å²) in [5.74, 6) is 1.12. The molecule has 1 aliphatic rings. The largest absolute Gasteiger partial charge is 0.491 e. The van der Waals surface area contributed by atoms with Crippen LogP contribution in [0.1, 0.15) is 0 Å². The van der Waals surface area contributed by atoms with E-state index in [-0.39, 0.29) is 12.5 Å². The number of nitrogens with two attached hydrogens (primary N) is 1. The zero-order chi connectivity index (χ0) is 13.8. The molecule has 1 aliphatic heterocycles. The van der Waals surface area contributed by atoms with Crippen LogP contribution < -0.4 is 20.1 Å². The molecular weight excluding hydrogens is 248 g/mol. The van der Waals surface area contributed by atoms with Crippen molar-refractivity contribution >= 4 is 11.6 Å². The third-order valence-electron chi connectivity index (χ3n) is 2.91. The van der Waals surface area contributed by atoms with E-state index in [0.717, 1.165) is 0 Å². The van der Waals surface area contributed by atoms with Gasteiger partial charge in [0.05, 0.1) is 12.3 Å². The lowest BCUT2D eigenvalue weighted by Crippen LogP contribution is -2.43. The molecule has 0 aliphatic carbocycles. The lowest BCUT2D eigenvalue weighted by Gasteiger charge is -2.18. The summed E-state index contributed by atoms with van der Waals surface area (Å²) < 4.78 is 15.9. The topological polar surface area (TPSA) is 74.0 Å². The summed E-state index contributed by atoms with van der Waals surface area (Å²) in [6.07, 6.45) is 0. The van der Waals surface area contributed by atoms with E-state index in [1.807, 2.05) is 0 Å². The first-order valence-corrected chi connectivity index (χ1v) is 6.05. The fourth-order valence-corrected chi connectivity index (χ4v) is 1.83. The Bertz CT molecular complexity index is 464. The molecule has 0 spiro atoms. The molecule has 19 heavy (non-hydrogen) atoms. The van der Waals surface area contributed by atoms with Gasteiger partial charge in [0.2, 0.25) is 5.91 Å². The Morgan fingerprint density at radius 1 is 1.47 bits per heavy atom. The molecule has 6 heteroatoms. The van der Waals surface area contributed by atoms with Gasteiger partial charge in [-0.3, -0.25) is 4.79 Å². The van der Waals surface area contributed by atoms with Crippen LogP contribution in [0.2, 0.25) is 0 Å². The van der Waals surface area contributed by atoms with Crippen molar-refractivity contribution in [2.45, 2.75) is 6.04 Å². The molecule has 1 amide bonds. The summed E-state index contributed by atoms with van der Waals surface area (Å²) in [5, 5.41) is 0. The van der Waals surface area contributed by atoms with Crippen molar-refractivity contribution in [3.05, 3.63) is 18.2 Å². The average Bonchev–Trinajstić information content (AvgIpc) is 2.52. The Kier molecular flexibility index (Phi) is 4.24. The molecule has 2 rings (SSSR count). The predicted octanol–water partition coefficient (Wildman–Crippen LogP) is 0.394. The van der Waals surface area contributed by atoms with Gasteiger partial charge < -0.3 is 24.8 Å². The van der Waals surface area contributed by atoms with Crippen molar-refractivity contribution in [2.75, 3.05) is 38.9 Å². The summed E-state index contributed by atoms with van der Waals surface area (Å²) in [6, 6.07) is 4.69. The number of methoxy groups -OCH3 is 1. The minimum Gasteiger partial charge on any atom is -0.491 e. The van der Waals surface area contributed by atoms with Crippen molar-refractivity contribution in [1.29, 1.82) is 0 Å². The molecule has 1 aromatic rings. The Morgan fingerprint density at radius 3 is 3.00 bits per heavy atom. The van der Waals surface area contributed by atoms with Crippen LogP contribution in [0.15, 0.2) is 18.2 Å². The molecule has 1 aromatic carbocycles. The first-order chi connectivity index (χ1) is 9.13.